The van der Waals surface area contributed by atoms with E-state index in [0.29, 0.717) is 0 Å². The maximum atomic E-state index is 5.30. The van der Waals surface area contributed by atoms with Crippen LogP contribution in [0.25, 0.3) is 0 Å². The number of hydrogen-bond donors (Lipinski definition) is 1. The third kappa shape index (κ3) is 3.61. The van der Waals surface area contributed by atoms with Crippen LogP contribution in [0.5, 0.6) is 11.5 Å². The molecule has 0 aliphatic carbocycles. The summed E-state index contributed by atoms with van der Waals surface area (Å²) in [6.07, 6.45) is 0. The summed E-state index contributed by atoms with van der Waals surface area (Å²) in [5, 5.41) is 3.26. The Morgan fingerprint density at radius 3 is 2.47 bits per heavy atom. The van der Waals surface area contributed by atoms with Gasteiger partial charge in [-0.25, -0.2) is 0 Å². The number of rotatable bonds is 5. The highest BCUT2D eigenvalue weighted by molar-refractivity contribution is 5.85. The number of ether oxygens (including phenoxy) is 2. The predicted molar refractivity (Wildman–Crippen MR) is 64.2 cm³/mol. The average molecular weight is 232 g/mol. The highest BCUT2D eigenvalue weighted by Crippen LogP contribution is 2.30. The van der Waals surface area contributed by atoms with Crippen molar-refractivity contribution < 1.29 is 9.47 Å². The van der Waals surface area contributed by atoms with Crippen molar-refractivity contribution in [3.05, 3.63) is 23.8 Å². The molecule has 0 aliphatic heterocycles. The van der Waals surface area contributed by atoms with Gasteiger partial charge in [-0.3, -0.25) is 0 Å². The Labute approximate surface area is 97.2 Å². The highest BCUT2D eigenvalue weighted by atomic mass is 35.5. The molecule has 1 aromatic carbocycles. The summed E-state index contributed by atoms with van der Waals surface area (Å²) in [5.41, 5.74) is 1.12. The molecule has 0 unspecified atom stereocenters. The van der Waals surface area contributed by atoms with Gasteiger partial charge in [0, 0.05) is 12.1 Å². The number of methoxy groups -OCH3 is 2. The molecule has 0 amide bonds. The summed E-state index contributed by atoms with van der Waals surface area (Å²) in [5.74, 6) is 1.60. The molecule has 0 aliphatic rings. The van der Waals surface area contributed by atoms with Gasteiger partial charge in [-0.15, -0.1) is 12.4 Å². The van der Waals surface area contributed by atoms with E-state index >= 15 is 0 Å². The van der Waals surface area contributed by atoms with Crippen molar-refractivity contribution in [2.75, 3.05) is 20.8 Å². The summed E-state index contributed by atoms with van der Waals surface area (Å²) in [6.45, 7) is 3.82. The van der Waals surface area contributed by atoms with E-state index in [4.69, 9.17) is 9.47 Å². The largest absolute Gasteiger partial charge is 0.493 e. The number of halogens is 1. The van der Waals surface area contributed by atoms with Crippen LogP contribution < -0.4 is 14.8 Å². The zero-order valence-electron chi connectivity index (χ0n) is 9.37. The van der Waals surface area contributed by atoms with Gasteiger partial charge in [0.25, 0.3) is 0 Å². The fourth-order valence-corrected chi connectivity index (χ4v) is 1.35. The zero-order chi connectivity index (χ0) is 10.4. The van der Waals surface area contributed by atoms with Crippen molar-refractivity contribution in [2.24, 2.45) is 0 Å². The van der Waals surface area contributed by atoms with Gasteiger partial charge in [-0.2, -0.15) is 0 Å². The molecule has 86 valence electrons. The summed E-state index contributed by atoms with van der Waals surface area (Å²) in [7, 11) is 3.31. The molecule has 0 fully saturated rings. The topological polar surface area (TPSA) is 30.5 Å². The van der Waals surface area contributed by atoms with Crippen LogP contribution in [0.2, 0.25) is 0 Å². The van der Waals surface area contributed by atoms with Crippen molar-refractivity contribution in [1.29, 1.82) is 0 Å². The van der Waals surface area contributed by atoms with Gasteiger partial charge in [0.05, 0.1) is 14.2 Å². The van der Waals surface area contributed by atoms with E-state index in [1.807, 2.05) is 18.2 Å². The van der Waals surface area contributed by atoms with E-state index in [2.05, 4.69) is 12.2 Å². The van der Waals surface area contributed by atoms with Crippen LogP contribution >= 0.6 is 12.4 Å². The first-order valence-corrected chi connectivity index (χ1v) is 4.74. The Morgan fingerprint density at radius 1 is 1.20 bits per heavy atom. The molecule has 0 atom stereocenters. The molecular formula is C11H18ClNO2. The van der Waals surface area contributed by atoms with Crippen LogP contribution in [0.4, 0.5) is 0 Å². The Bertz CT molecular complexity index is 292. The molecule has 1 rings (SSSR count). The summed E-state index contributed by atoms with van der Waals surface area (Å²) < 4.78 is 10.5. The molecule has 0 bridgehead atoms. The van der Waals surface area contributed by atoms with Gasteiger partial charge in [0.15, 0.2) is 11.5 Å². The van der Waals surface area contributed by atoms with Gasteiger partial charge < -0.3 is 14.8 Å². The first-order valence-electron chi connectivity index (χ1n) is 4.74. The average Bonchev–Trinajstić information content (AvgIpc) is 2.25. The predicted octanol–water partition coefficient (Wildman–Crippen LogP) is 2.24. The van der Waals surface area contributed by atoms with Crippen LogP contribution in [0.15, 0.2) is 18.2 Å². The highest BCUT2D eigenvalue weighted by Gasteiger charge is 2.07. The third-order valence-electron chi connectivity index (χ3n) is 2.05. The quantitative estimate of drug-likeness (QED) is 0.843. The van der Waals surface area contributed by atoms with Crippen LogP contribution in [0, 0.1) is 0 Å². The van der Waals surface area contributed by atoms with Gasteiger partial charge in [-0.1, -0.05) is 19.1 Å². The lowest BCUT2D eigenvalue weighted by molar-refractivity contribution is 0.351. The molecule has 0 saturated carbocycles. The van der Waals surface area contributed by atoms with E-state index < -0.39 is 0 Å². The maximum Gasteiger partial charge on any atom is 0.165 e. The fourth-order valence-electron chi connectivity index (χ4n) is 1.35. The first-order chi connectivity index (χ1) is 6.83. The molecule has 0 spiro atoms. The molecule has 4 heteroatoms. The van der Waals surface area contributed by atoms with Crippen molar-refractivity contribution in [2.45, 2.75) is 13.5 Å². The minimum atomic E-state index is 0. The number of para-hydroxylation sites is 1. The smallest absolute Gasteiger partial charge is 0.165 e. The van der Waals surface area contributed by atoms with Crippen molar-refractivity contribution in [3.63, 3.8) is 0 Å². The van der Waals surface area contributed by atoms with E-state index in [9.17, 15) is 0 Å². The number of benzene rings is 1. The lowest BCUT2D eigenvalue weighted by atomic mass is 10.2. The molecule has 3 nitrogen and oxygen atoms in total. The van der Waals surface area contributed by atoms with Gasteiger partial charge in [0.1, 0.15) is 0 Å². The lowest BCUT2D eigenvalue weighted by Crippen LogP contribution is -2.12. The SMILES string of the molecule is CCNCc1cccc(OC)c1OC.Cl. The number of hydrogen-bond acceptors (Lipinski definition) is 3. The van der Waals surface area contributed by atoms with Crippen molar-refractivity contribution >= 4 is 12.4 Å². The molecule has 0 aromatic heterocycles. The van der Waals surface area contributed by atoms with E-state index in [1.54, 1.807) is 14.2 Å². The molecule has 1 aromatic rings. The van der Waals surface area contributed by atoms with Crippen LogP contribution in [-0.4, -0.2) is 20.8 Å². The molecule has 0 radical (unpaired) electrons. The number of nitrogens with one attached hydrogen (secondary N) is 1. The Kier molecular flexibility index (Phi) is 6.92. The summed E-state index contributed by atoms with van der Waals surface area (Å²) in [4.78, 5) is 0. The maximum absolute atomic E-state index is 5.30. The van der Waals surface area contributed by atoms with E-state index in [0.717, 1.165) is 30.2 Å². The van der Waals surface area contributed by atoms with E-state index in [1.165, 1.54) is 0 Å². The third-order valence-corrected chi connectivity index (χ3v) is 2.05. The van der Waals surface area contributed by atoms with Gasteiger partial charge in [0.2, 0.25) is 0 Å². The Morgan fingerprint density at radius 2 is 1.93 bits per heavy atom. The van der Waals surface area contributed by atoms with E-state index in [-0.39, 0.29) is 12.4 Å². The Balaban J connectivity index is 0.00000196. The first kappa shape index (κ1) is 14.1. The monoisotopic (exact) mass is 231 g/mol. The molecule has 15 heavy (non-hydrogen) atoms. The second-order valence-corrected chi connectivity index (χ2v) is 2.93. The molecule has 1 N–H and O–H groups in total. The van der Waals surface area contributed by atoms with Crippen molar-refractivity contribution in [1.82, 2.24) is 5.32 Å². The normalized spacial score (nSPS) is 9.27. The molecular weight excluding hydrogens is 214 g/mol. The minimum absolute atomic E-state index is 0. The molecule has 0 saturated heterocycles. The van der Waals surface area contributed by atoms with Gasteiger partial charge >= 0.3 is 0 Å². The van der Waals surface area contributed by atoms with Crippen LogP contribution in [-0.2, 0) is 6.54 Å². The van der Waals surface area contributed by atoms with Crippen molar-refractivity contribution in [3.8, 4) is 11.5 Å². The van der Waals surface area contributed by atoms with Crippen LogP contribution in [0.1, 0.15) is 12.5 Å². The second kappa shape index (κ2) is 7.37. The lowest BCUT2D eigenvalue weighted by Gasteiger charge is -2.12. The zero-order valence-corrected chi connectivity index (χ0v) is 10.2. The van der Waals surface area contributed by atoms with Crippen LogP contribution in [0.3, 0.4) is 0 Å². The standard InChI is InChI=1S/C11H17NO2.ClH/c1-4-12-8-9-6-5-7-10(13-2)11(9)14-3;/h5-7,12H,4,8H2,1-3H3;1H. The second-order valence-electron chi connectivity index (χ2n) is 2.93. The molecule has 0 heterocycles. The Hall–Kier alpha value is -0.930. The summed E-state index contributed by atoms with van der Waals surface area (Å²) in [6, 6.07) is 5.90. The minimum Gasteiger partial charge on any atom is -0.493 e. The fraction of sp³-hybridized carbons (Fsp3) is 0.455. The summed E-state index contributed by atoms with van der Waals surface area (Å²) >= 11 is 0. The van der Waals surface area contributed by atoms with Gasteiger partial charge in [-0.05, 0) is 12.6 Å².